The first-order chi connectivity index (χ1) is 8.47. The fourth-order valence-corrected chi connectivity index (χ4v) is 2.48. The molecule has 0 amide bonds. The molecule has 1 fully saturated rings. The van der Waals surface area contributed by atoms with Crippen molar-refractivity contribution < 1.29 is 4.79 Å². The quantitative estimate of drug-likeness (QED) is 0.762. The van der Waals surface area contributed by atoms with Crippen LogP contribution in [0.5, 0.6) is 0 Å². The number of piperazine rings is 1. The van der Waals surface area contributed by atoms with E-state index in [4.69, 9.17) is 0 Å². The lowest BCUT2D eigenvalue weighted by atomic mass is 10.0. The van der Waals surface area contributed by atoms with Gasteiger partial charge in [0.2, 0.25) is 0 Å². The Morgan fingerprint density at radius 1 is 1.39 bits per heavy atom. The molecule has 5 nitrogen and oxygen atoms in total. The molecule has 1 aliphatic rings. The third kappa shape index (κ3) is 2.79. The normalized spacial score (nSPS) is 22.3. The number of nitrogens with zero attached hydrogens (tertiary/aromatic N) is 4. The van der Waals surface area contributed by atoms with Gasteiger partial charge in [-0.15, -0.1) is 0 Å². The number of hydrogen-bond acceptors (Lipinski definition) is 4. The van der Waals surface area contributed by atoms with Gasteiger partial charge in [-0.25, -0.2) is 0 Å². The fraction of sp³-hybridized carbons (Fsp3) is 0.692. The van der Waals surface area contributed by atoms with E-state index < -0.39 is 0 Å². The summed E-state index contributed by atoms with van der Waals surface area (Å²) >= 11 is 0. The number of aromatic nitrogens is 2. The average molecular weight is 250 g/mol. The first-order valence-corrected chi connectivity index (χ1v) is 6.38. The molecule has 1 aromatic heterocycles. The van der Waals surface area contributed by atoms with Crippen LogP contribution in [-0.2, 0) is 18.3 Å². The van der Waals surface area contributed by atoms with Crippen LogP contribution in [-0.4, -0.2) is 65.1 Å². The Bertz CT molecular complexity index is 440. The highest BCUT2D eigenvalue weighted by Gasteiger charge is 2.28. The van der Waals surface area contributed by atoms with Gasteiger partial charge in [0.15, 0.2) is 5.78 Å². The molecule has 0 aromatic carbocycles. The largest absolute Gasteiger partial charge is 0.303 e. The highest BCUT2D eigenvalue weighted by atomic mass is 16.1. The molecule has 5 heteroatoms. The Labute approximate surface area is 108 Å². The average Bonchev–Trinajstić information content (AvgIpc) is 2.61. The Balaban J connectivity index is 2.05. The number of rotatable bonds is 3. The predicted molar refractivity (Wildman–Crippen MR) is 70.6 cm³/mol. The zero-order chi connectivity index (χ0) is 13.3. The highest BCUT2D eigenvalue weighted by Crippen LogP contribution is 2.11. The van der Waals surface area contributed by atoms with Crippen LogP contribution in [0.3, 0.4) is 0 Å². The summed E-state index contributed by atoms with van der Waals surface area (Å²) in [5, 5.41) is 4.28. The second-order valence-electron chi connectivity index (χ2n) is 5.30. The third-order valence-corrected chi connectivity index (χ3v) is 3.68. The van der Waals surface area contributed by atoms with Gasteiger partial charge >= 0.3 is 0 Å². The van der Waals surface area contributed by atoms with Crippen LogP contribution in [0.2, 0.25) is 0 Å². The summed E-state index contributed by atoms with van der Waals surface area (Å²) in [6.07, 6.45) is 0.472. The van der Waals surface area contributed by atoms with Crippen molar-refractivity contribution in [3.8, 4) is 0 Å². The molecule has 0 spiro atoms. The van der Waals surface area contributed by atoms with E-state index in [0.29, 0.717) is 6.42 Å². The van der Waals surface area contributed by atoms with Crippen LogP contribution in [0.1, 0.15) is 11.4 Å². The van der Waals surface area contributed by atoms with Gasteiger partial charge in [0.25, 0.3) is 0 Å². The molecule has 100 valence electrons. The van der Waals surface area contributed by atoms with Crippen molar-refractivity contribution in [2.24, 2.45) is 7.05 Å². The molecule has 2 heterocycles. The van der Waals surface area contributed by atoms with Crippen LogP contribution in [0.4, 0.5) is 0 Å². The highest BCUT2D eigenvalue weighted by molar-refractivity contribution is 5.86. The molecular weight excluding hydrogens is 228 g/mol. The van der Waals surface area contributed by atoms with E-state index in [1.54, 1.807) is 4.68 Å². The predicted octanol–water partition coefficient (Wildman–Crippen LogP) is 0.0859. The van der Waals surface area contributed by atoms with Gasteiger partial charge in [0, 0.05) is 32.4 Å². The summed E-state index contributed by atoms with van der Waals surface area (Å²) in [5.74, 6) is 0.284. The van der Waals surface area contributed by atoms with Crippen molar-refractivity contribution in [3.05, 3.63) is 17.5 Å². The van der Waals surface area contributed by atoms with E-state index in [0.717, 1.165) is 31.0 Å². The van der Waals surface area contributed by atoms with Gasteiger partial charge in [0.05, 0.1) is 18.2 Å². The zero-order valence-corrected chi connectivity index (χ0v) is 11.7. The van der Waals surface area contributed by atoms with Crippen molar-refractivity contribution >= 4 is 5.78 Å². The summed E-state index contributed by atoms with van der Waals surface area (Å²) in [6.45, 7) is 4.77. The van der Waals surface area contributed by atoms with Crippen molar-refractivity contribution in [2.75, 3.05) is 33.7 Å². The summed E-state index contributed by atoms with van der Waals surface area (Å²) in [4.78, 5) is 16.8. The molecule has 1 aliphatic heterocycles. The summed E-state index contributed by atoms with van der Waals surface area (Å²) in [6, 6.07) is 2.00. The van der Waals surface area contributed by atoms with E-state index >= 15 is 0 Å². The molecule has 2 rings (SSSR count). The topological polar surface area (TPSA) is 41.4 Å². The third-order valence-electron chi connectivity index (χ3n) is 3.68. The Hall–Kier alpha value is -1.20. The van der Waals surface area contributed by atoms with Gasteiger partial charge in [-0.2, -0.15) is 5.10 Å². The van der Waals surface area contributed by atoms with Gasteiger partial charge < -0.3 is 4.90 Å². The molecule has 0 bridgehead atoms. The van der Waals surface area contributed by atoms with Gasteiger partial charge in [-0.1, -0.05) is 0 Å². The smallest absolute Gasteiger partial charge is 0.157 e. The number of Topliss-reactive ketones (excluding diaryl/α,β-unsaturated/α-hetero) is 1. The summed E-state index contributed by atoms with van der Waals surface area (Å²) in [7, 11) is 6.00. The Morgan fingerprint density at radius 2 is 2.11 bits per heavy atom. The van der Waals surface area contributed by atoms with E-state index in [2.05, 4.69) is 21.9 Å². The van der Waals surface area contributed by atoms with Crippen LogP contribution in [0.25, 0.3) is 0 Å². The van der Waals surface area contributed by atoms with Gasteiger partial charge in [-0.05, 0) is 27.1 Å². The van der Waals surface area contributed by atoms with Crippen LogP contribution in [0.15, 0.2) is 6.07 Å². The van der Waals surface area contributed by atoms with Crippen LogP contribution in [0, 0.1) is 6.92 Å². The zero-order valence-electron chi connectivity index (χ0n) is 11.7. The van der Waals surface area contributed by atoms with E-state index in [1.807, 2.05) is 27.1 Å². The van der Waals surface area contributed by atoms with E-state index in [1.165, 1.54) is 0 Å². The minimum Gasteiger partial charge on any atom is -0.303 e. The Kier molecular flexibility index (Phi) is 3.82. The minimum absolute atomic E-state index is 0.0129. The maximum Gasteiger partial charge on any atom is 0.157 e. The SMILES string of the molecule is Cc1cc(CC(=O)C2CN(C)CCN2C)n(C)n1. The maximum atomic E-state index is 12.4. The minimum atomic E-state index is 0.0129. The van der Waals surface area contributed by atoms with Crippen LogP contribution >= 0.6 is 0 Å². The van der Waals surface area contributed by atoms with Crippen LogP contribution < -0.4 is 0 Å². The maximum absolute atomic E-state index is 12.4. The molecule has 0 aliphatic carbocycles. The molecular formula is C13H22N4O. The molecule has 18 heavy (non-hydrogen) atoms. The summed E-state index contributed by atoms with van der Waals surface area (Å²) in [5.41, 5.74) is 1.97. The van der Waals surface area contributed by atoms with Gasteiger partial charge in [-0.3, -0.25) is 14.4 Å². The van der Waals surface area contributed by atoms with E-state index in [-0.39, 0.29) is 11.8 Å². The monoisotopic (exact) mass is 250 g/mol. The molecule has 1 saturated heterocycles. The van der Waals surface area contributed by atoms with Crippen molar-refractivity contribution in [3.63, 3.8) is 0 Å². The number of likely N-dealkylation sites (N-methyl/N-ethyl adjacent to an activating group) is 2. The molecule has 1 atom stereocenters. The molecule has 1 unspecified atom stereocenters. The first-order valence-electron chi connectivity index (χ1n) is 6.38. The van der Waals surface area contributed by atoms with Gasteiger partial charge in [0.1, 0.15) is 0 Å². The van der Waals surface area contributed by atoms with Crippen molar-refractivity contribution in [1.29, 1.82) is 0 Å². The standard InChI is InChI=1S/C13H22N4O/c1-10-7-11(17(4)14-10)8-13(18)12-9-15(2)5-6-16(12)3/h7,12H,5-6,8-9H2,1-4H3. The van der Waals surface area contributed by atoms with E-state index in [9.17, 15) is 4.79 Å². The summed E-state index contributed by atoms with van der Waals surface area (Å²) < 4.78 is 1.81. The van der Waals surface area contributed by atoms with Crippen molar-refractivity contribution in [1.82, 2.24) is 19.6 Å². The number of ketones is 1. The lowest BCUT2D eigenvalue weighted by Gasteiger charge is -2.36. The second-order valence-corrected chi connectivity index (χ2v) is 5.30. The first kappa shape index (κ1) is 13.2. The molecule has 0 N–H and O–H groups in total. The number of carbonyl (C=O) groups excluding carboxylic acids is 1. The second kappa shape index (κ2) is 5.20. The fourth-order valence-electron chi connectivity index (χ4n) is 2.48. The number of carbonyl (C=O) groups is 1. The number of hydrogen-bond donors (Lipinski definition) is 0. The number of aryl methyl sites for hydroxylation is 2. The molecule has 0 saturated carbocycles. The molecule has 1 aromatic rings. The lowest BCUT2D eigenvalue weighted by Crippen LogP contribution is -2.54. The van der Waals surface area contributed by atoms with Crippen molar-refractivity contribution in [2.45, 2.75) is 19.4 Å². The Morgan fingerprint density at radius 3 is 2.72 bits per heavy atom. The lowest BCUT2D eigenvalue weighted by molar-refractivity contribution is -0.125. The molecule has 0 radical (unpaired) electrons.